The number of hydrogen-bond acceptors (Lipinski definition) is 4. The van der Waals surface area contributed by atoms with Gasteiger partial charge in [0.1, 0.15) is 0 Å². The van der Waals surface area contributed by atoms with Crippen LogP contribution in [0, 0.1) is 0 Å². The summed E-state index contributed by atoms with van der Waals surface area (Å²) in [5, 5.41) is 3.74. The Morgan fingerprint density at radius 2 is 1.90 bits per heavy atom. The van der Waals surface area contributed by atoms with Crippen LogP contribution in [0.5, 0.6) is 11.5 Å². The summed E-state index contributed by atoms with van der Waals surface area (Å²) in [4.78, 5) is 17.5. The monoisotopic (exact) mass is 406 g/mol. The number of halogens is 1. The van der Waals surface area contributed by atoms with Gasteiger partial charge in [0, 0.05) is 17.1 Å². The van der Waals surface area contributed by atoms with Gasteiger partial charge in [-0.05, 0) is 54.3 Å². The summed E-state index contributed by atoms with van der Waals surface area (Å²) in [5.74, 6) is 1.41. The Hall–Kier alpha value is -3.05. The van der Waals surface area contributed by atoms with Crippen LogP contribution in [-0.4, -0.2) is 17.7 Å². The van der Waals surface area contributed by atoms with Gasteiger partial charge in [0.15, 0.2) is 11.5 Å². The van der Waals surface area contributed by atoms with Gasteiger partial charge in [-0.1, -0.05) is 35.9 Å². The second-order valence-electron chi connectivity index (χ2n) is 7.41. The Kier molecular flexibility index (Phi) is 4.40. The normalized spacial score (nSPS) is 15.8. The molecule has 2 aromatic carbocycles. The van der Waals surface area contributed by atoms with Crippen molar-refractivity contribution in [1.29, 1.82) is 0 Å². The van der Waals surface area contributed by atoms with E-state index in [1.165, 1.54) is 0 Å². The lowest BCUT2D eigenvalue weighted by molar-refractivity contribution is -0.118. The number of nitrogens with one attached hydrogen (secondary N) is 1. The summed E-state index contributed by atoms with van der Waals surface area (Å²) >= 11 is 6.22. The summed E-state index contributed by atoms with van der Waals surface area (Å²) in [6.45, 7) is 0.226. The first-order chi connectivity index (χ1) is 14.1. The number of fused-ring (bicyclic) bond motifs is 1. The molecule has 1 saturated carbocycles. The highest BCUT2D eigenvalue weighted by atomic mass is 35.5. The summed E-state index contributed by atoms with van der Waals surface area (Å²) in [6, 6.07) is 17.3. The van der Waals surface area contributed by atoms with Crippen molar-refractivity contribution in [1.82, 2.24) is 4.98 Å². The molecule has 1 fully saturated rings. The molecular formula is C23H19ClN2O3. The van der Waals surface area contributed by atoms with Crippen LogP contribution in [0.4, 0.5) is 5.69 Å². The Morgan fingerprint density at radius 1 is 1.07 bits per heavy atom. The van der Waals surface area contributed by atoms with E-state index in [2.05, 4.69) is 10.3 Å². The van der Waals surface area contributed by atoms with E-state index in [1.807, 2.05) is 54.6 Å². The lowest BCUT2D eigenvalue weighted by Gasteiger charge is -2.16. The molecule has 29 heavy (non-hydrogen) atoms. The van der Waals surface area contributed by atoms with Gasteiger partial charge >= 0.3 is 0 Å². The second-order valence-corrected chi connectivity index (χ2v) is 7.82. The van der Waals surface area contributed by atoms with Crippen LogP contribution in [0.1, 0.15) is 29.7 Å². The first-order valence-electron chi connectivity index (χ1n) is 9.54. The Morgan fingerprint density at radius 3 is 2.66 bits per heavy atom. The van der Waals surface area contributed by atoms with E-state index >= 15 is 0 Å². The molecule has 0 bridgehead atoms. The lowest BCUT2D eigenvalue weighted by atomic mass is 9.94. The quantitative estimate of drug-likeness (QED) is 0.665. The highest BCUT2D eigenvalue weighted by molar-refractivity contribution is 6.31. The molecule has 2 heterocycles. The summed E-state index contributed by atoms with van der Waals surface area (Å²) in [6.07, 6.45) is 3.97. The van der Waals surface area contributed by atoms with Crippen molar-refractivity contribution in [2.24, 2.45) is 0 Å². The zero-order chi connectivity index (χ0) is 19.8. The maximum Gasteiger partial charge on any atom is 0.235 e. The molecule has 0 radical (unpaired) electrons. The average Bonchev–Trinajstić information content (AvgIpc) is 3.42. The zero-order valence-electron chi connectivity index (χ0n) is 15.7. The molecule has 1 amide bonds. The van der Waals surface area contributed by atoms with Crippen LogP contribution in [0.15, 0.2) is 60.8 Å². The van der Waals surface area contributed by atoms with Crippen molar-refractivity contribution in [3.8, 4) is 11.5 Å². The van der Waals surface area contributed by atoms with E-state index in [-0.39, 0.29) is 12.7 Å². The Balaban J connectivity index is 1.29. The number of pyridine rings is 1. The number of hydrogen-bond donors (Lipinski definition) is 1. The predicted molar refractivity (Wildman–Crippen MR) is 111 cm³/mol. The van der Waals surface area contributed by atoms with E-state index in [1.54, 1.807) is 6.20 Å². The molecule has 5 rings (SSSR count). The molecule has 3 aromatic rings. The topological polar surface area (TPSA) is 60.5 Å². The molecule has 0 unspecified atom stereocenters. The number of anilines is 1. The fraction of sp³-hybridized carbons (Fsp3) is 0.217. The highest BCUT2D eigenvalue weighted by Gasteiger charge is 2.51. The number of carbonyl (C=O) groups excluding carboxylic acids is 1. The van der Waals surface area contributed by atoms with Crippen molar-refractivity contribution >= 4 is 23.2 Å². The van der Waals surface area contributed by atoms with E-state index in [0.717, 1.165) is 40.4 Å². The van der Waals surface area contributed by atoms with Crippen molar-refractivity contribution in [2.45, 2.75) is 24.7 Å². The number of amides is 1. The molecule has 0 atom stereocenters. The zero-order valence-corrected chi connectivity index (χ0v) is 16.4. The lowest BCUT2D eigenvalue weighted by Crippen LogP contribution is -2.27. The standard InChI is InChI=1S/C23H19ClN2O3/c24-19-4-2-1-3-15(19)11-17-6-7-18(13-25-17)26-22(27)23(9-10-23)16-5-8-20-21(12-16)29-14-28-20/h1-8,12-13H,9-11,14H2,(H,26,27). The van der Waals surface area contributed by atoms with Gasteiger partial charge in [-0.3, -0.25) is 9.78 Å². The minimum Gasteiger partial charge on any atom is -0.454 e. The highest BCUT2D eigenvalue weighted by Crippen LogP contribution is 2.51. The first kappa shape index (κ1) is 18.0. The van der Waals surface area contributed by atoms with Crippen molar-refractivity contribution in [3.05, 3.63) is 82.6 Å². The maximum absolute atomic E-state index is 13.0. The van der Waals surface area contributed by atoms with Gasteiger partial charge in [-0.25, -0.2) is 0 Å². The largest absolute Gasteiger partial charge is 0.454 e. The van der Waals surface area contributed by atoms with Crippen molar-refractivity contribution < 1.29 is 14.3 Å². The fourth-order valence-electron chi connectivity index (χ4n) is 3.66. The maximum atomic E-state index is 13.0. The van der Waals surface area contributed by atoms with Crippen LogP contribution in [0.25, 0.3) is 0 Å². The SMILES string of the molecule is O=C(Nc1ccc(Cc2ccccc2Cl)nc1)C1(c2ccc3c(c2)OCO3)CC1. The first-order valence-corrected chi connectivity index (χ1v) is 9.92. The van der Waals surface area contributed by atoms with Crippen molar-refractivity contribution in [2.75, 3.05) is 12.1 Å². The van der Waals surface area contributed by atoms with Crippen LogP contribution in [0.2, 0.25) is 5.02 Å². The Labute approximate surface area is 173 Å². The minimum atomic E-state index is -0.503. The molecule has 1 N–H and O–H groups in total. The molecule has 2 aliphatic rings. The van der Waals surface area contributed by atoms with Gasteiger partial charge in [0.2, 0.25) is 12.7 Å². The van der Waals surface area contributed by atoms with E-state index in [9.17, 15) is 4.79 Å². The fourth-order valence-corrected chi connectivity index (χ4v) is 3.86. The van der Waals surface area contributed by atoms with E-state index in [4.69, 9.17) is 21.1 Å². The smallest absolute Gasteiger partial charge is 0.235 e. The van der Waals surface area contributed by atoms with Crippen molar-refractivity contribution in [3.63, 3.8) is 0 Å². The van der Waals surface area contributed by atoms with Gasteiger partial charge in [-0.15, -0.1) is 0 Å². The van der Waals surface area contributed by atoms with Crippen LogP contribution >= 0.6 is 11.6 Å². The number of nitrogens with zero attached hydrogens (tertiary/aromatic N) is 1. The van der Waals surface area contributed by atoms with E-state index < -0.39 is 5.41 Å². The third-order valence-corrected chi connectivity index (χ3v) is 5.89. The van der Waals surface area contributed by atoms with Gasteiger partial charge in [0.25, 0.3) is 0 Å². The average molecular weight is 407 g/mol. The summed E-state index contributed by atoms with van der Waals surface area (Å²) < 4.78 is 10.8. The van der Waals surface area contributed by atoms with Gasteiger partial charge in [0.05, 0.1) is 17.3 Å². The van der Waals surface area contributed by atoms with Gasteiger partial charge < -0.3 is 14.8 Å². The molecule has 0 spiro atoms. The molecular weight excluding hydrogens is 388 g/mol. The predicted octanol–water partition coefficient (Wildman–Crippen LogP) is 4.72. The van der Waals surface area contributed by atoms with Crippen LogP contribution in [0.3, 0.4) is 0 Å². The molecule has 1 aromatic heterocycles. The number of aromatic nitrogens is 1. The van der Waals surface area contributed by atoms with Crippen LogP contribution in [-0.2, 0) is 16.6 Å². The molecule has 146 valence electrons. The molecule has 1 aliphatic carbocycles. The Bertz CT molecular complexity index is 1080. The summed E-state index contributed by atoms with van der Waals surface area (Å²) in [5.41, 5.74) is 3.07. The van der Waals surface area contributed by atoms with Gasteiger partial charge in [-0.2, -0.15) is 0 Å². The molecule has 6 heteroatoms. The third-order valence-electron chi connectivity index (χ3n) is 5.52. The molecule has 1 aliphatic heterocycles. The minimum absolute atomic E-state index is 0.0166. The summed E-state index contributed by atoms with van der Waals surface area (Å²) in [7, 11) is 0. The third kappa shape index (κ3) is 3.42. The number of rotatable bonds is 5. The second kappa shape index (κ2) is 7.08. The number of carbonyl (C=O) groups is 1. The number of benzene rings is 2. The van der Waals surface area contributed by atoms with E-state index in [0.29, 0.717) is 17.9 Å². The molecule has 0 saturated heterocycles. The molecule has 5 nitrogen and oxygen atoms in total. The van der Waals surface area contributed by atoms with Crippen LogP contribution < -0.4 is 14.8 Å². The number of ether oxygens (including phenoxy) is 2.